The largest absolute Gasteiger partial charge is 0.550 e. The summed E-state index contributed by atoms with van der Waals surface area (Å²) in [5, 5.41) is 16.6. The Morgan fingerprint density at radius 3 is 2.15 bits per heavy atom. The topological polar surface area (TPSA) is 72.8 Å². The van der Waals surface area contributed by atoms with Gasteiger partial charge in [0.15, 0.2) is 0 Å². The SMILES string of the molecule is O=C([O-])CCC(=O)N1N=C(c2ccc(Br)cc2)C[C@@H]1c1ccc(Br)cc1. The quantitative estimate of drug-likeness (QED) is 0.660. The van der Waals surface area contributed by atoms with E-state index in [4.69, 9.17) is 0 Å². The molecule has 2 aromatic carbocycles. The van der Waals surface area contributed by atoms with E-state index in [0.717, 1.165) is 25.8 Å². The molecule has 134 valence electrons. The number of halogens is 2. The lowest BCUT2D eigenvalue weighted by Crippen LogP contribution is -2.29. The zero-order chi connectivity index (χ0) is 18.7. The minimum atomic E-state index is -1.24. The highest BCUT2D eigenvalue weighted by Crippen LogP contribution is 2.34. The molecule has 0 saturated heterocycles. The summed E-state index contributed by atoms with van der Waals surface area (Å²) in [5.41, 5.74) is 2.68. The molecule has 7 heteroatoms. The van der Waals surface area contributed by atoms with Gasteiger partial charge in [-0.2, -0.15) is 5.10 Å². The van der Waals surface area contributed by atoms with Crippen LogP contribution in [0.15, 0.2) is 62.6 Å². The van der Waals surface area contributed by atoms with Crippen molar-refractivity contribution >= 4 is 49.4 Å². The van der Waals surface area contributed by atoms with Crippen molar-refractivity contribution in [3.8, 4) is 0 Å². The lowest BCUT2D eigenvalue weighted by Gasteiger charge is -2.22. The minimum Gasteiger partial charge on any atom is -0.550 e. The minimum absolute atomic E-state index is 0.132. The molecule has 0 unspecified atom stereocenters. The molecule has 26 heavy (non-hydrogen) atoms. The smallest absolute Gasteiger partial charge is 0.243 e. The van der Waals surface area contributed by atoms with Crippen molar-refractivity contribution in [3.63, 3.8) is 0 Å². The number of hydrogen-bond donors (Lipinski definition) is 0. The zero-order valence-corrected chi connectivity index (χ0v) is 16.9. The van der Waals surface area contributed by atoms with Crippen molar-refractivity contribution in [1.82, 2.24) is 5.01 Å². The summed E-state index contributed by atoms with van der Waals surface area (Å²) in [6.45, 7) is 0. The van der Waals surface area contributed by atoms with Gasteiger partial charge >= 0.3 is 0 Å². The number of carboxylic acids is 1. The van der Waals surface area contributed by atoms with E-state index >= 15 is 0 Å². The van der Waals surface area contributed by atoms with Crippen LogP contribution in [0.1, 0.15) is 36.4 Å². The van der Waals surface area contributed by atoms with Crippen LogP contribution >= 0.6 is 31.9 Å². The highest BCUT2D eigenvalue weighted by Gasteiger charge is 2.32. The van der Waals surface area contributed by atoms with E-state index in [0.29, 0.717) is 6.42 Å². The first-order valence-electron chi connectivity index (χ1n) is 8.05. The van der Waals surface area contributed by atoms with Gasteiger partial charge in [0.05, 0.1) is 11.8 Å². The molecular formula is C19H15Br2N2O3-. The second-order valence-corrected chi connectivity index (χ2v) is 7.77. The Morgan fingerprint density at radius 2 is 1.58 bits per heavy atom. The van der Waals surface area contributed by atoms with Crippen LogP contribution in [0.5, 0.6) is 0 Å². The zero-order valence-electron chi connectivity index (χ0n) is 13.7. The number of rotatable bonds is 5. The van der Waals surface area contributed by atoms with E-state index in [1.54, 1.807) is 0 Å². The standard InChI is InChI=1S/C19H16Br2N2O3/c20-14-5-1-12(2-6-14)16-11-17(13-3-7-15(21)8-4-13)23(22-16)18(24)9-10-19(25)26/h1-8,17H,9-11H2,(H,25,26)/p-1/t17-/m1/s1. The highest BCUT2D eigenvalue weighted by molar-refractivity contribution is 9.10. The summed E-state index contributed by atoms with van der Waals surface area (Å²) in [7, 11) is 0. The molecule has 0 spiro atoms. The molecule has 1 heterocycles. The molecule has 0 aromatic heterocycles. The first kappa shape index (κ1) is 18.8. The summed E-state index contributed by atoms with van der Waals surface area (Å²) in [6, 6.07) is 15.2. The Balaban J connectivity index is 1.89. The van der Waals surface area contributed by atoms with Crippen molar-refractivity contribution in [2.75, 3.05) is 0 Å². The lowest BCUT2D eigenvalue weighted by molar-refractivity contribution is -0.305. The Hall–Kier alpha value is -1.99. The fourth-order valence-electron chi connectivity index (χ4n) is 2.83. The van der Waals surface area contributed by atoms with Crippen molar-refractivity contribution < 1.29 is 14.7 Å². The average Bonchev–Trinajstić information content (AvgIpc) is 3.06. The molecule has 0 aliphatic carbocycles. The van der Waals surface area contributed by atoms with Gasteiger partial charge in [-0.25, -0.2) is 5.01 Å². The van der Waals surface area contributed by atoms with E-state index in [9.17, 15) is 14.7 Å². The maximum Gasteiger partial charge on any atom is 0.243 e. The van der Waals surface area contributed by atoms with E-state index in [2.05, 4.69) is 37.0 Å². The number of carboxylic acid groups (broad SMARTS) is 1. The third-order valence-electron chi connectivity index (χ3n) is 4.14. The van der Waals surface area contributed by atoms with Crippen LogP contribution in [0.25, 0.3) is 0 Å². The first-order valence-corrected chi connectivity index (χ1v) is 9.63. The van der Waals surface area contributed by atoms with Gasteiger partial charge in [0.25, 0.3) is 0 Å². The second kappa shape index (κ2) is 8.14. The van der Waals surface area contributed by atoms with Crippen LogP contribution in [-0.4, -0.2) is 22.6 Å². The van der Waals surface area contributed by atoms with Gasteiger partial charge in [-0.15, -0.1) is 0 Å². The molecule has 1 aliphatic heterocycles. The number of nitrogens with zero attached hydrogens (tertiary/aromatic N) is 2. The molecule has 0 N–H and O–H groups in total. The molecule has 3 rings (SSSR count). The van der Waals surface area contributed by atoms with Gasteiger partial charge in [-0.3, -0.25) is 4.79 Å². The first-order chi connectivity index (χ1) is 12.4. The van der Waals surface area contributed by atoms with Crippen LogP contribution in [0, 0.1) is 0 Å². The van der Waals surface area contributed by atoms with Crippen molar-refractivity contribution in [1.29, 1.82) is 0 Å². The van der Waals surface area contributed by atoms with Crippen LogP contribution in [0.2, 0.25) is 0 Å². The van der Waals surface area contributed by atoms with E-state index in [1.807, 2.05) is 48.5 Å². The molecule has 0 radical (unpaired) electrons. The average molecular weight is 479 g/mol. The normalized spacial score (nSPS) is 16.5. The predicted molar refractivity (Wildman–Crippen MR) is 103 cm³/mol. The molecule has 0 saturated carbocycles. The fraction of sp³-hybridized carbons (Fsp3) is 0.211. The summed E-state index contributed by atoms with van der Waals surface area (Å²) < 4.78 is 1.91. The Labute approximate surface area is 168 Å². The van der Waals surface area contributed by atoms with Gasteiger partial charge in [0.2, 0.25) is 5.91 Å². The summed E-state index contributed by atoms with van der Waals surface area (Å²) >= 11 is 6.82. The Morgan fingerprint density at radius 1 is 1.00 bits per heavy atom. The van der Waals surface area contributed by atoms with E-state index in [1.165, 1.54) is 5.01 Å². The van der Waals surface area contributed by atoms with E-state index < -0.39 is 5.97 Å². The van der Waals surface area contributed by atoms with Crippen LogP contribution < -0.4 is 5.11 Å². The van der Waals surface area contributed by atoms with Crippen molar-refractivity contribution in [3.05, 3.63) is 68.6 Å². The third-order valence-corrected chi connectivity index (χ3v) is 5.20. The van der Waals surface area contributed by atoms with Gasteiger partial charge in [0.1, 0.15) is 0 Å². The summed E-state index contributed by atoms with van der Waals surface area (Å²) in [6.07, 6.45) is 0.123. The number of carbonyl (C=O) groups is 2. The number of hydrazone groups is 1. The van der Waals surface area contributed by atoms with Crippen LogP contribution in [0.3, 0.4) is 0 Å². The Bertz CT molecular complexity index is 848. The van der Waals surface area contributed by atoms with Crippen LogP contribution in [-0.2, 0) is 9.59 Å². The second-order valence-electron chi connectivity index (χ2n) is 5.94. The predicted octanol–water partition coefficient (Wildman–Crippen LogP) is 3.42. The maximum atomic E-state index is 12.5. The molecule has 0 bridgehead atoms. The summed E-state index contributed by atoms with van der Waals surface area (Å²) in [5.74, 6) is -1.57. The molecule has 5 nitrogen and oxygen atoms in total. The van der Waals surface area contributed by atoms with Crippen LogP contribution in [0.4, 0.5) is 0 Å². The number of hydrogen-bond acceptors (Lipinski definition) is 4. The molecule has 0 fully saturated rings. The monoisotopic (exact) mass is 477 g/mol. The third kappa shape index (κ3) is 4.40. The molecule has 1 atom stereocenters. The van der Waals surface area contributed by atoms with Gasteiger partial charge in [0, 0.05) is 27.8 Å². The number of carbonyl (C=O) groups excluding carboxylic acids is 2. The summed E-state index contributed by atoms with van der Waals surface area (Å²) in [4.78, 5) is 23.2. The van der Waals surface area contributed by atoms with Gasteiger partial charge < -0.3 is 9.90 Å². The molecular weight excluding hydrogens is 464 g/mol. The van der Waals surface area contributed by atoms with Crippen molar-refractivity contribution in [2.45, 2.75) is 25.3 Å². The van der Waals surface area contributed by atoms with Crippen molar-refractivity contribution in [2.24, 2.45) is 5.10 Å². The molecule has 1 aliphatic rings. The lowest BCUT2D eigenvalue weighted by atomic mass is 9.98. The molecule has 2 aromatic rings. The molecule has 1 amide bonds. The Kier molecular flexibility index (Phi) is 5.88. The number of amides is 1. The van der Waals surface area contributed by atoms with Gasteiger partial charge in [-0.05, 0) is 41.8 Å². The number of benzene rings is 2. The maximum absolute atomic E-state index is 12.5. The highest BCUT2D eigenvalue weighted by atomic mass is 79.9. The fourth-order valence-corrected chi connectivity index (χ4v) is 3.35. The van der Waals surface area contributed by atoms with Gasteiger partial charge in [-0.1, -0.05) is 56.1 Å². The van der Waals surface area contributed by atoms with E-state index in [-0.39, 0.29) is 24.8 Å². The number of aliphatic carboxylic acids is 1.